The number of carbonyl (C=O) groups excluding carboxylic acids is 1. The van der Waals surface area contributed by atoms with Crippen LogP contribution in [-0.4, -0.2) is 24.1 Å². The number of hydrogen-bond acceptors (Lipinski definition) is 2. The molecule has 0 unspecified atom stereocenters. The molecule has 14 heavy (non-hydrogen) atoms. The molecule has 74 valence electrons. The number of ether oxygens (including phenoxy) is 1. The van der Waals surface area contributed by atoms with Crippen molar-refractivity contribution in [2.75, 3.05) is 13.2 Å². The van der Waals surface area contributed by atoms with Crippen LogP contribution in [0.1, 0.15) is 5.56 Å². The Labute approximate surface area is 90.8 Å². The Hall–Kier alpha value is -1.03. The van der Waals surface area contributed by atoms with Crippen molar-refractivity contribution >= 4 is 22.0 Å². The molecule has 1 fully saturated rings. The van der Waals surface area contributed by atoms with Crippen LogP contribution in [-0.2, 0) is 11.3 Å². The monoisotopic (exact) mass is 255 g/mol. The van der Waals surface area contributed by atoms with Gasteiger partial charge in [0.1, 0.15) is 6.61 Å². The SMILES string of the molecule is O=C1OCCN1Cc1ccccc1Br. The van der Waals surface area contributed by atoms with E-state index in [1.807, 2.05) is 24.3 Å². The van der Waals surface area contributed by atoms with Gasteiger partial charge in [0.05, 0.1) is 13.1 Å². The van der Waals surface area contributed by atoms with E-state index in [1.54, 1.807) is 4.90 Å². The van der Waals surface area contributed by atoms with Crippen LogP contribution in [0.2, 0.25) is 0 Å². The fourth-order valence-corrected chi connectivity index (χ4v) is 1.81. The minimum Gasteiger partial charge on any atom is -0.448 e. The lowest BCUT2D eigenvalue weighted by atomic mass is 10.2. The molecule has 1 heterocycles. The summed E-state index contributed by atoms with van der Waals surface area (Å²) in [4.78, 5) is 12.9. The van der Waals surface area contributed by atoms with Gasteiger partial charge < -0.3 is 9.64 Å². The molecular weight excluding hydrogens is 246 g/mol. The Morgan fingerprint density at radius 3 is 2.86 bits per heavy atom. The zero-order valence-electron chi connectivity index (χ0n) is 7.57. The number of nitrogens with zero attached hydrogens (tertiary/aromatic N) is 1. The summed E-state index contributed by atoms with van der Waals surface area (Å²) in [7, 11) is 0. The fraction of sp³-hybridized carbons (Fsp3) is 0.300. The van der Waals surface area contributed by atoms with Crippen LogP contribution in [0, 0.1) is 0 Å². The van der Waals surface area contributed by atoms with E-state index in [1.165, 1.54) is 0 Å². The van der Waals surface area contributed by atoms with Crippen LogP contribution < -0.4 is 0 Å². The van der Waals surface area contributed by atoms with Gasteiger partial charge in [0.15, 0.2) is 0 Å². The third-order valence-electron chi connectivity index (χ3n) is 2.16. The van der Waals surface area contributed by atoms with Crippen molar-refractivity contribution < 1.29 is 9.53 Å². The van der Waals surface area contributed by atoms with Gasteiger partial charge in [0.2, 0.25) is 0 Å². The predicted octanol–water partition coefficient (Wildman–Crippen LogP) is 2.40. The van der Waals surface area contributed by atoms with E-state index >= 15 is 0 Å². The number of benzene rings is 1. The Kier molecular flexibility index (Phi) is 2.72. The third kappa shape index (κ3) is 1.90. The molecule has 1 aromatic rings. The molecule has 0 radical (unpaired) electrons. The van der Waals surface area contributed by atoms with Crippen LogP contribution in [0.15, 0.2) is 28.7 Å². The summed E-state index contributed by atoms with van der Waals surface area (Å²) in [6.45, 7) is 1.80. The first-order valence-corrected chi connectivity index (χ1v) is 5.22. The van der Waals surface area contributed by atoms with Gasteiger partial charge in [0.25, 0.3) is 0 Å². The summed E-state index contributed by atoms with van der Waals surface area (Å²) in [5.41, 5.74) is 1.10. The lowest BCUT2D eigenvalue weighted by Gasteiger charge is -2.13. The molecular formula is C10H10BrNO2. The van der Waals surface area contributed by atoms with Gasteiger partial charge in [-0.25, -0.2) is 4.79 Å². The maximum Gasteiger partial charge on any atom is 0.410 e. The smallest absolute Gasteiger partial charge is 0.410 e. The zero-order valence-corrected chi connectivity index (χ0v) is 9.16. The second-order valence-electron chi connectivity index (χ2n) is 3.13. The first kappa shape index (κ1) is 9.52. The van der Waals surface area contributed by atoms with Gasteiger partial charge in [-0.15, -0.1) is 0 Å². The molecule has 0 saturated carbocycles. The fourth-order valence-electron chi connectivity index (χ4n) is 1.40. The van der Waals surface area contributed by atoms with Crippen molar-refractivity contribution in [1.82, 2.24) is 4.90 Å². The Morgan fingerprint density at radius 2 is 2.21 bits per heavy atom. The number of hydrogen-bond donors (Lipinski definition) is 0. The number of cyclic esters (lactones) is 1. The quantitative estimate of drug-likeness (QED) is 0.813. The minimum absolute atomic E-state index is 0.222. The highest BCUT2D eigenvalue weighted by molar-refractivity contribution is 9.10. The Morgan fingerprint density at radius 1 is 1.43 bits per heavy atom. The molecule has 1 aromatic carbocycles. The van der Waals surface area contributed by atoms with Crippen LogP contribution in [0.5, 0.6) is 0 Å². The van der Waals surface area contributed by atoms with E-state index in [-0.39, 0.29) is 6.09 Å². The summed E-state index contributed by atoms with van der Waals surface area (Å²) in [5.74, 6) is 0. The van der Waals surface area contributed by atoms with E-state index < -0.39 is 0 Å². The minimum atomic E-state index is -0.222. The number of carbonyl (C=O) groups is 1. The first-order chi connectivity index (χ1) is 6.77. The zero-order chi connectivity index (χ0) is 9.97. The molecule has 0 aliphatic carbocycles. The third-order valence-corrected chi connectivity index (χ3v) is 2.94. The van der Waals surface area contributed by atoms with E-state index in [4.69, 9.17) is 4.74 Å². The van der Waals surface area contributed by atoms with Gasteiger partial charge >= 0.3 is 6.09 Å². The molecule has 0 bridgehead atoms. The van der Waals surface area contributed by atoms with Crippen LogP contribution in [0.3, 0.4) is 0 Å². The van der Waals surface area contributed by atoms with Crippen LogP contribution in [0.4, 0.5) is 4.79 Å². The molecule has 0 atom stereocenters. The summed E-state index contributed by atoms with van der Waals surface area (Å²) in [5, 5.41) is 0. The lowest BCUT2D eigenvalue weighted by molar-refractivity contribution is 0.157. The Bertz CT molecular complexity index is 354. The average Bonchev–Trinajstić information content (AvgIpc) is 2.56. The normalized spacial score (nSPS) is 15.8. The summed E-state index contributed by atoms with van der Waals surface area (Å²) >= 11 is 3.44. The molecule has 0 spiro atoms. The molecule has 1 aliphatic rings. The van der Waals surface area contributed by atoms with Gasteiger partial charge in [-0.3, -0.25) is 0 Å². The average molecular weight is 256 g/mol. The van der Waals surface area contributed by atoms with Crippen molar-refractivity contribution in [3.05, 3.63) is 34.3 Å². The molecule has 1 amide bonds. The van der Waals surface area contributed by atoms with E-state index in [0.29, 0.717) is 19.7 Å². The van der Waals surface area contributed by atoms with E-state index in [9.17, 15) is 4.79 Å². The predicted molar refractivity (Wildman–Crippen MR) is 55.9 cm³/mol. The van der Waals surface area contributed by atoms with Crippen molar-refractivity contribution in [1.29, 1.82) is 0 Å². The number of rotatable bonds is 2. The number of halogens is 1. The standard InChI is InChI=1S/C10H10BrNO2/c11-9-4-2-1-3-8(9)7-12-5-6-14-10(12)13/h1-4H,5-7H2. The molecule has 1 aliphatic heterocycles. The summed E-state index contributed by atoms with van der Waals surface area (Å²) < 4.78 is 5.88. The highest BCUT2D eigenvalue weighted by Gasteiger charge is 2.22. The van der Waals surface area contributed by atoms with Crippen molar-refractivity contribution in [2.45, 2.75) is 6.54 Å². The maximum atomic E-state index is 11.2. The van der Waals surface area contributed by atoms with Gasteiger partial charge in [-0.05, 0) is 11.6 Å². The topological polar surface area (TPSA) is 29.5 Å². The largest absolute Gasteiger partial charge is 0.448 e. The van der Waals surface area contributed by atoms with Gasteiger partial charge in [0, 0.05) is 4.47 Å². The molecule has 0 N–H and O–H groups in total. The highest BCUT2D eigenvalue weighted by atomic mass is 79.9. The molecule has 0 aromatic heterocycles. The summed E-state index contributed by atoms with van der Waals surface area (Å²) in [6, 6.07) is 7.88. The van der Waals surface area contributed by atoms with E-state index in [2.05, 4.69) is 15.9 Å². The lowest BCUT2D eigenvalue weighted by Crippen LogP contribution is -2.23. The molecule has 1 saturated heterocycles. The second kappa shape index (κ2) is 4.00. The van der Waals surface area contributed by atoms with Crippen LogP contribution >= 0.6 is 15.9 Å². The van der Waals surface area contributed by atoms with Gasteiger partial charge in [-0.2, -0.15) is 0 Å². The maximum absolute atomic E-state index is 11.2. The molecule has 3 nitrogen and oxygen atoms in total. The van der Waals surface area contributed by atoms with Crippen molar-refractivity contribution in [3.63, 3.8) is 0 Å². The van der Waals surface area contributed by atoms with Crippen LogP contribution in [0.25, 0.3) is 0 Å². The highest BCUT2D eigenvalue weighted by Crippen LogP contribution is 2.19. The first-order valence-electron chi connectivity index (χ1n) is 4.42. The Balaban J connectivity index is 2.10. The van der Waals surface area contributed by atoms with Crippen molar-refractivity contribution in [2.24, 2.45) is 0 Å². The van der Waals surface area contributed by atoms with Crippen molar-refractivity contribution in [3.8, 4) is 0 Å². The van der Waals surface area contributed by atoms with E-state index in [0.717, 1.165) is 10.0 Å². The van der Waals surface area contributed by atoms with Gasteiger partial charge in [-0.1, -0.05) is 34.1 Å². The molecule has 4 heteroatoms. The number of amides is 1. The molecule has 2 rings (SSSR count). The second-order valence-corrected chi connectivity index (χ2v) is 3.98. The summed E-state index contributed by atoms with van der Waals surface area (Å²) in [6.07, 6.45) is -0.222.